The maximum atomic E-state index is 11.8. The maximum Gasteiger partial charge on any atom is 0.490 e. The van der Waals surface area contributed by atoms with Crippen LogP contribution in [0.1, 0.15) is 13.2 Å². The fourth-order valence-corrected chi connectivity index (χ4v) is 5.74. The molecule has 0 saturated carbocycles. The van der Waals surface area contributed by atoms with E-state index in [-0.39, 0.29) is 10.6 Å². The summed E-state index contributed by atoms with van der Waals surface area (Å²) in [6, 6.07) is 1.44. The molecule has 0 radical (unpaired) electrons. The lowest BCUT2D eigenvalue weighted by Crippen LogP contribution is -2.29. The molecule has 29 heavy (non-hydrogen) atoms. The van der Waals surface area contributed by atoms with Gasteiger partial charge in [-0.25, -0.2) is 18.7 Å². The van der Waals surface area contributed by atoms with Crippen molar-refractivity contribution < 1.29 is 56.3 Å². The van der Waals surface area contributed by atoms with E-state index in [2.05, 4.69) is 18.1 Å². The minimum atomic E-state index is -5.64. The monoisotopic (exact) mass is 497 g/mol. The first kappa shape index (κ1) is 24.7. The van der Waals surface area contributed by atoms with Crippen molar-refractivity contribution >= 4 is 41.5 Å². The molecule has 166 valence electrons. The first-order valence-corrected chi connectivity index (χ1v) is 12.5. The summed E-state index contributed by atoms with van der Waals surface area (Å²) in [5, 5.41) is 10.3. The highest BCUT2D eigenvalue weighted by molar-refractivity contribution is 7.71. The molecule has 0 aliphatic carbocycles. The molecule has 0 amide bonds. The molecule has 1 aromatic heterocycles. The number of nitrogen functional groups attached to an aromatic ring is 1. The summed E-state index contributed by atoms with van der Waals surface area (Å²) in [7, 11) is -16.5. The normalized spacial score (nSPS) is 29.3. The molecule has 7 N–H and O–H groups in total. The number of phosphoric ester groups is 1. The van der Waals surface area contributed by atoms with Crippen molar-refractivity contribution in [3.63, 3.8) is 0 Å². The van der Waals surface area contributed by atoms with E-state index in [4.69, 9.17) is 37.4 Å². The smallest absolute Gasteiger partial charge is 0.390 e. The van der Waals surface area contributed by atoms with Crippen molar-refractivity contribution in [3.05, 3.63) is 17.0 Å². The summed E-state index contributed by atoms with van der Waals surface area (Å²) >= 11 is 5.07. The van der Waals surface area contributed by atoms with Gasteiger partial charge in [-0.3, -0.25) is 9.09 Å². The van der Waals surface area contributed by atoms with Crippen LogP contribution in [0.15, 0.2) is 12.3 Å². The number of rotatable bonds is 8. The highest BCUT2D eigenvalue weighted by Crippen LogP contribution is 2.66. The van der Waals surface area contributed by atoms with Gasteiger partial charge in [0.2, 0.25) is 4.77 Å². The molecule has 1 aromatic rings. The zero-order valence-electron chi connectivity index (χ0n) is 14.5. The lowest BCUT2D eigenvalue weighted by molar-refractivity contribution is -0.0460. The first-order valence-electron chi connectivity index (χ1n) is 7.57. The van der Waals surface area contributed by atoms with E-state index in [9.17, 15) is 23.7 Å². The van der Waals surface area contributed by atoms with Crippen molar-refractivity contribution in [2.45, 2.75) is 25.4 Å². The fourth-order valence-electron chi connectivity index (χ4n) is 2.44. The Balaban J connectivity index is 2.05. The SMILES string of the molecule is CC1C(O)[C@@H](COP(=O)(O)OP(=O)(O)OP(=O)(O)O)O[C@H]1n1ccc(N)nc1=S. The fraction of sp³-hybridized carbons (Fsp3) is 0.600. The number of nitrogens with two attached hydrogens (primary N) is 1. The number of aromatic nitrogens is 2. The third-order valence-electron chi connectivity index (χ3n) is 3.63. The van der Waals surface area contributed by atoms with Crippen molar-refractivity contribution in [3.8, 4) is 0 Å². The number of aliphatic hydroxyl groups is 1. The Morgan fingerprint density at radius 2 is 1.86 bits per heavy atom. The second-order valence-corrected chi connectivity index (χ2v) is 10.6. The molecule has 2 heterocycles. The standard InChI is InChI=1S/C10H18N3O12P3S/c1-5-8(14)6(23-9(5)13-3-2-7(11)12-10(13)29)4-22-27(18,19)25-28(20,21)24-26(15,16)17/h2-3,5-6,8-9,14H,4H2,1H3,(H,18,19)(H,20,21)(H2,11,12,29)(H2,15,16,17)/t5?,6-,8?,9-/m1/s1. The average molecular weight is 497 g/mol. The molecule has 1 fully saturated rings. The number of anilines is 1. The molecule has 19 heteroatoms. The molecule has 1 aliphatic rings. The molecule has 4 unspecified atom stereocenters. The molecule has 0 spiro atoms. The number of phosphoric acid groups is 3. The molecule has 0 aromatic carbocycles. The number of hydrogen-bond donors (Lipinski definition) is 6. The minimum absolute atomic E-state index is 0.0580. The third kappa shape index (κ3) is 6.97. The molecule has 0 bridgehead atoms. The largest absolute Gasteiger partial charge is 0.490 e. The van der Waals surface area contributed by atoms with E-state index in [0.717, 1.165) is 0 Å². The number of aliphatic hydroxyl groups excluding tert-OH is 1. The number of ether oxygens (including phenoxy) is 1. The van der Waals surface area contributed by atoms with Gasteiger partial charge >= 0.3 is 23.5 Å². The van der Waals surface area contributed by atoms with Gasteiger partial charge in [0.05, 0.1) is 12.7 Å². The topological polar surface area (TPSA) is 233 Å². The van der Waals surface area contributed by atoms with Crippen LogP contribution < -0.4 is 5.73 Å². The van der Waals surface area contributed by atoms with Gasteiger partial charge in [0.25, 0.3) is 0 Å². The van der Waals surface area contributed by atoms with Crippen LogP contribution >= 0.6 is 35.7 Å². The summed E-state index contributed by atoms with van der Waals surface area (Å²) in [6.45, 7) is 0.805. The zero-order valence-corrected chi connectivity index (χ0v) is 18.0. The van der Waals surface area contributed by atoms with E-state index in [1.807, 2.05) is 0 Å². The average Bonchev–Trinajstić information content (AvgIpc) is 2.78. The zero-order chi connectivity index (χ0) is 22.2. The second kappa shape index (κ2) is 8.89. The molecule has 15 nitrogen and oxygen atoms in total. The molecule has 2 rings (SSSR count). The van der Waals surface area contributed by atoms with Gasteiger partial charge in [0.15, 0.2) is 0 Å². The molecule has 1 saturated heterocycles. The van der Waals surface area contributed by atoms with Crippen molar-refractivity contribution in [2.75, 3.05) is 12.3 Å². The van der Waals surface area contributed by atoms with Crippen LogP contribution in [0.5, 0.6) is 0 Å². The van der Waals surface area contributed by atoms with Gasteiger partial charge in [-0.15, -0.1) is 0 Å². The van der Waals surface area contributed by atoms with Gasteiger partial charge in [0.1, 0.15) is 18.1 Å². The highest BCUT2D eigenvalue weighted by atomic mass is 32.1. The van der Waals surface area contributed by atoms with Gasteiger partial charge in [0, 0.05) is 12.1 Å². The summed E-state index contributed by atoms with van der Waals surface area (Å²) in [4.78, 5) is 39.4. The van der Waals surface area contributed by atoms with Gasteiger partial charge in [-0.2, -0.15) is 8.62 Å². The number of nitrogens with zero attached hydrogens (tertiary/aromatic N) is 2. The van der Waals surface area contributed by atoms with Gasteiger partial charge < -0.3 is 35.2 Å². The second-order valence-electron chi connectivity index (χ2n) is 5.84. The predicted octanol–water partition coefficient (Wildman–Crippen LogP) is 0.432. The Hall–Kier alpha value is -0.570. The van der Waals surface area contributed by atoms with Gasteiger partial charge in [-0.1, -0.05) is 6.92 Å². The Labute approximate surface area is 168 Å². The van der Waals surface area contributed by atoms with Crippen LogP contribution in [0.2, 0.25) is 0 Å². The van der Waals surface area contributed by atoms with Crippen LogP contribution in [-0.2, 0) is 31.6 Å². The highest BCUT2D eigenvalue weighted by Gasteiger charge is 2.45. The Bertz CT molecular complexity index is 951. The van der Waals surface area contributed by atoms with Crippen LogP contribution in [0.4, 0.5) is 5.82 Å². The van der Waals surface area contributed by atoms with Gasteiger partial charge in [-0.05, 0) is 18.3 Å². The maximum absolute atomic E-state index is 11.8. The Morgan fingerprint density at radius 3 is 2.41 bits per heavy atom. The third-order valence-corrected chi connectivity index (χ3v) is 7.73. The summed E-state index contributed by atoms with van der Waals surface area (Å²) in [5.41, 5.74) is 5.52. The lowest BCUT2D eigenvalue weighted by Gasteiger charge is -2.19. The summed E-state index contributed by atoms with van der Waals surface area (Å²) in [6.07, 6.45) is -1.77. The minimum Gasteiger partial charge on any atom is -0.390 e. The predicted molar refractivity (Wildman–Crippen MR) is 96.4 cm³/mol. The Kier molecular flexibility index (Phi) is 7.57. The lowest BCUT2D eigenvalue weighted by atomic mass is 10.0. The van der Waals surface area contributed by atoms with Crippen LogP contribution in [0, 0.1) is 10.7 Å². The van der Waals surface area contributed by atoms with E-state index in [0.29, 0.717) is 0 Å². The van der Waals surface area contributed by atoms with E-state index >= 15 is 0 Å². The summed E-state index contributed by atoms with van der Waals surface area (Å²) < 4.78 is 52.4. The van der Waals surface area contributed by atoms with Crippen LogP contribution in [0.25, 0.3) is 0 Å². The first-order chi connectivity index (χ1) is 13.1. The number of hydrogen-bond acceptors (Lipinski definition) is 11. The quantitative estimate of drug-likeness (QED) is 0.211. The van der Waals surface area contributed by atoms with Crippen molar-refractivity contribution in [1.82, 2.24) is 9.55 Å². The van der Waals surface area contributed by atoms with E-state index in [1.54, 1.807) is 6.92 Å². The van der Waals surface area contributed by atoms with Crippen molar-refractivity contribution in [2.24, 2.45) is 5.92 Å². The van der Waals surface area contributed by atoms with Crippen LogP contribution in [0.3, 0.4) is 0 Å². The van der Waals surface area contributed by atoms with Crippen molar-refractivity contribution in [1.29, 1.82) is 0 Å². The molecule has 1 aliphatic heterocycles. The molecular formula is C10H18N3O12P3S. The molecule has 6 atom stereocenters. The van der Waals surface area contributed by atoms with Crippen LogP contribution in [-0.4, -0.2) is 53.0 Å². The van der Waals surface area contributed by atoms with E-state index < -0.39 is 54.4 Å². The summed E-state index contributed by atoms with van der Waals surface area (Å²) in [5.74, 6) is -0.414. The van der Waals surface area contributed by atoms with E-state index in [1.165, 1.54) is 16.8 Å². The Morgan fingerprint density at radius 1 is 1.24 bits per heavy atom. The molecular weight excluding hydrogens is 479 g/mol.